The van der Waals surface area contributed by atoms with Crippen LogP contribution in [0, 0.1) is 0 Å². The van der Waals surface area contributed by atoms with Crippen molar-refractivity contribution < 1.29 is 22.8 Å². The van der Waals surface area contributed by atoms with Crippen molar-refractivity contribution in [3.63, 3.8) is 0 Å². The zero-order valence-electron chi connectivity index (χ0n) is 15.1. The Kier molecular flexibility index (Phi) is 5.92. The number of nitrogens with zero attached hydrogens (tertiary/aromatic N) is 2. The average Bonchev–Trinajstić information content (AvgIpc) is 3.09. The third-order valence-electron chi connectivity index (χ3n) is 3.80. The Labute approximate surface area is 167 Å². The molecule has 3 aromatic rings. The monoisotopic (exact) mass is 420 g/mol. The minimum absolute atomic E-state index is 0.0657. The third kappa shape index (κ3) is 5.17. The Balaban J connectivity index is 1.83. The predicted molar refractivity (Wildman–Crippen MR) is 102 cm³/mol. The van der Waals surface area contributed by atoms with Crippen LogP contribution in [0.15, 0.2) is 48.7 Å². The Bertz CT molecular complexity index is 1020. The number of alkyl halides is 3. The number of benzene rings is 1. The van der Waals surface area contributed by atoms with Crippen LogP contribution < -0.4 is 10.6 Å². The molecule has 6 nitrogen and oxygen atoms in total. The van der Waals surface area contributed by atoms with Crippen molar-refractivity contribution in [2.24, 2.45) is 0 Å². The van der Waals surface area contributed by atoms with Crippen molar-refractivity contribution in [2.75, 3.05) is 5.32 Å². The van der Waals surface area contributed by atoms with E-state index in [9.17, 15) is 22.8 Å². The summed E-state index contributed by atoms with van der Waals surface area (Å²) < 4.78 is 38.0. The smallest absolute Gasteiger partial charge is 0.351 e. The van der Waals surface area contributed by atoms with Crippen molar-refractivity contribution in [3.8, 4) is 11.4 Å². The van der Waals surface area contributed by atoms with Gasteiger partial charge in [0.15, 0.2) is 5.13 Å². The lowest BCUT2D eigenvalue weighted by Gasteiger charge is -2.07. The fourth-order valence-corrected chi connectivity index (χ4v) is 3.32. The van der Waals surface area contributed by atoms with E-state index in [1.165, 1.54) is 6.92 Å². The highest BCUT2D eigenvalue weighted by atomic mass is 32.1. The van der Waals surface area contributed by atoms with Crippen LogP contribution in [0.4, 0.5) is 18.3 Å². The number of rotatable bonds is 5. The summed E-state index contributed by atoms with van der Waals surface area (Å²) in [6.07, 6.45) is -2.88. The van der Waals surface area contributed by atoms with Gasteiger partial charge in [0.05, 0.1) is 22.7 Å². The second-order valence-electron chi connectivity index (χ2n) is 5.94. The highest BCUT2D eigenvalue weighted by molar-refractivity contribution is 7.16. The maximum atomic E-state index is 12.7. The molecule has 2 heterocycles. The van der Waals surface area contributed by atoms with Gasteiger partial charge in [0.1, 0.15) is 5.69 Å². The minimum Gasteiger partial charge on any atom is -0.351 e. The summed E-state index contributed by atoms with van der Waals surface area (Å²) in [6.45, 7) is 1.59. The van der Waals surface area contributed by atoms with Gasteiger partial charge in [-0.25, -0.2) is 4.98 Å². The molecule has 150 valence electrons. The van der Waals surface area contributed by atoms with Crippen LogP contribution in [0.1, 0.15) is 27.7 Å². The topological polar surface area (TPSA) is 84.0 Å². The van der Waals surface area contributed by atoms with Crippen LogP contribution in [0.2, 0.25) is 0 Å². The summed E-state index contributed by atoms with van der Waals surface area (Å²) in [5.74, 6) is -0.813. The SMILES string of the molecule is CC(=O)NCc1sc(NC(=O)c2ccc(C(F)(F)F)cc2)nc1-c1ccccn1. The molecule has 1 aromatic carbocycles. The van der Waals surface area contributed by atoms with Gasteiger partial charge in [-0.3, -0.25) is 19.9 Å². The zero-order chi connectivity index (χ0) is 21.0. The van der Waals surface area contributed by atoms with Crippen molar-refractivity contribution in [1.82, 2.24) is 15.3 Å². The summed E-state index contributed by atoms with van der Waals surface area (Å²) in [7, 11) is 0. The first kappa shape index (κ1) is 20.5. The molecule has 0 aliphatic rings. The van der Waals surface area contributed by atoms with E-state index in [4.69, 9.17) is 0 Å². The van der Waals surface area contributed by atoms with E-state index >= 15 is 0 Å². The van der Waals surface area contributed by atoms with E-state index in [0.717, 1.165) is 35.6 Å². The maximum absolute atomic E-state index is 12.7. The van der Waals surface area contributed by atoms with E-state index in [2.05, 4.69) is 20.6 Å². The molecule has 0 aliphatic carbocycles. The molecule has 0 saturated heterocycles. The first-order valence-corrected chi connectivity index (χ1v) is 9.20. The molecule has 0 aliphatic heterocycles. The molecule has 0 bridgehead atoms. The molecule has 2 N–H and O–H groups in total. The highest BCUT2D eigenvalue weighted by Gasteiger charge is 2.30. The Morgan fingerprint density at radius 2 is 1.83 bits per heavy atom. The van der Waals surface area contributed by atoms with Gasteiger partial charge in [0, 0.05) is 18.7 Å². The van der Waals surface area contributed by atoms with Crippen molar-refractivity contribution in [2.45, 2.75) is 19.6 Å². The lowest BCUT2D eigenvalue weighted by molar-refractivity contribution is -0.137. The summed E-state index contributed by atoms with van der Waals surface area (Å²) >= 11 is 1.15. The first-order valence-electron chi connectivity index (χ1n) is 8.38. The number of nitrogens with one attached hydrogen (secondary N) is 2. The number of carbonyl (C=O) groups excluding carboxylic acids is 2. The summed E-state index contributed by atoms with van der Waals surface area (Å²) in [4.78, 5) is 32.9. The van der Waals surface area contributed by atoms with E-state index in [-0.39, 0.29) is 23.1 Å². The van der Waals surface area contributed by atoms with Crippen LogP contribution in [-0.2, 0) is 17.5 Å². The number of carbonyl (C=O) groups is 2. The minimum atomic E-state index is -4.47. The van der Waals surface area contributed by atoms with Crippen LogP contribution in [0.5, 0.6) is 0 Å². The van der Waals surface area contributed by atoms with Crippen molar-refractivity contribution in [3.05, 3.63) is 64.7 Å². The van der Waals surface area contributed by atoms with Gasteiger partial charge in [-0.05, 0) is 36.4 Å². The molecular formula is C19H15F3N4O2S. The molecule has 3 rings (SSSR count). The molecule has 0 fully saturated rings. The van der Waals surface area contributed by atoms with Crippen LogP contribution in [-0.4, -0.2) is 21.8 Å². The van der Waals surface area contributed by atoms with Gasteiger partial charge >= 0.3 is 6.18 Å². The van der Waals surface area contributed by atoms with Crippen LogP contribution >= 0.6 is 11.3 Å². The number of hydrogen-bond donors (Lipinski definition) is 2. The van der Waals surface area contributed by atoms with E-state index in [1.807, 2.05) is 0 Å². The van der Waals surface area contributed by atoms with Gasteiger partial charge in [0.25, 0.3) is 5.91 Å². The summed E-state index contributed by atoms with van der Waals surface area (Å²) in [6, 6.07) is 9.17. The maximum Gasteiger partial charge on any atom is 0.416 e. The second kappa shape index (κ2) is 8.39. The molecule has 0 radical (unpaired) electrons. The van der Waals surface area contributed by atoms with E-state index in [1.54, 1.807) is 24.4 Å². The zero-order valence-corrected chi connectivity index (χ0v) is 15.9. The van der Waals surface area contributed by atoms with Gasteiger partial charge in [0.2, 0.25) is 5.91 Å². The predicted octanol–water partition coefficient (Wildman–Crippen LogP) is 4.11. The molecule has 10 heteroatoms. The standard InChI is InChI=1S/C19H15F3N4O2S/c1-11(27)24-10-15-16(14-4-2-3-9-23-14)25-18(29-15)26-17(28)12-5-7-13(8-6-12)19(20,21)22/h2-9H,10H2,1H3,(H,24,27)(H,25,26,28). The molecule has 0 saturated carbocycles. The average molecular weight is 420 g/mol. The number of amides is 2. The fraction of sp³-hybridized carbons (Fsp3) is 0.158. The normalized spacial score (nSPS) is 11.2. The quantitative estimate of drug-likeness (QED) is 0.651. The lowest BCUT2D eigenvalue weighted by atomic mass is 10.1. The Morgan fingerprint density at radius 3 is 2.41 bits per heavy atom. The van der Waals surface area contributed by atoms with Gasteiger partial charge in [-0.1, -0.05) is 17.4 Å². The van der Waals surface area contributed by atoms with Crippen LogP contribution in [0.3, 0.4) is 0 Å². The largest absolute Gasteiger partial charge is 0.416 e. The number of aromatic nitrogens is 2. The molecule has 0 unspecified atom stereocenters. The third-order valence-corrected chi connectivity index (χ3v) is 4.77. The van der Waals surface area contributed by atoms with Crippen LogP contribution in [0.25, 0.3) is 11.4 Å². The molecule has 0 spiro atoms. The number of pyridine rings is 1. The molecule has 2 amide bonds. The summed E-state index contributed by atoms with van der Waals surface area (Å²) in [5.41, 5.74) is 0.306. The molecule has 2 aromatic heterocycles. The second-order valence-corrected chi connectivity index (χ2v) is 7.03. The Hall–Kier alpha value is -3.27. The van der Waals surface area contributed by atoms with E-state index < -0.39 is 17.6 Å². The van der Waals surface area contributed by atoms with E-state index in [0.29, 0.717) is 16.3 Å². The number of halogens is 3. The first-order chi connectivity index (χ1) is 13.7. The Morgan fingerprint density at radius 1 is 1.10 bits per heavy atom. The number of hydrogen-bond acceptors (Lipinski definition) is 5. The van der Waals surface area contributed by atoms with Gasteiger partial charge in [-0.15, -0.1) is 0 Å². The fourth-order valence-electron chi connectivity index (χ4n) is 2.41. The number of thiazole rings is 1. The molecule has 29 heavy (non-hydrogen) atoms. The summed E-state index contributed by atoms with van der Waals surface area (Å²) in [5, 5.41) is 5.50. The highest BCUT2D eigenvalue weighted by Crippen LogP contribution is 2.31. The van der Waals surface area contributed by atoms with Crippen molar-refractivity contribution >= 4 is 28.3 Å². The molecular weight excluding hydrogens is 405 g/mol. The van der Waals surface area contributed by atoms with Gasteiger partial charge < -0.3 is 5.32 Å². The molecule has 0 atom stereocenters. The lowest BCUT2D eigenvalue weighted by Crippen LogP contribution is -2.18. The van der Waals surface area contributed by atoms with Gasteiger partial charge in [-0.2, -0.15) is 13.2 Å². The number of anilines is 1. The van der Waals surface area contributed by atoms with Crippen molar-refractivity contribution in [1.29, 1.82) is 0 Å².